The molecule has 3 aromatic heterocycles. The van der Waals surface area contributed by atoms with Crippen molar-refractivity contribution in [3.05, 3.63) is 174 Å². The third-order valence-electron chi connectivity index (χ3n) is 9.51. The van der Waals surface area contributed by atoms with Crippen LogP contribution in [0.25, 0.3) is 59.2 Å². The van der Waals surface area contributed by atoms with E-state index in [0.29, 0.717) is 0 Å². The van der Waals surface area contributed by atoms with Gasteiger partial charge in [0.05, 0.1) is 21.0 Å². The van der Waals surface area contributed by atoms with E-state index in [1.165, 1.54) is 58.9 Å². The summed E-state index contributed by atoms with van der Waals surface area (Å²) in [5.74, 6) is 0. The van der Waals surface area contributed by atoms with Crippen LogP contribution in [0, 0.1) is 0 Å². The number of hydrogen-bond donors (Lipinski definition) is 0. The lowest BCUT2D eigenvalue weighted by Crippen LogP contribution is -2.28. The molecule has 10 rings (SSSR count). The van der Waals surface area contributed by atoms with Gasteiger partial charge >= 0.3 is 0 Å². The molecule has 0 saturated heterocycles. The number of hydrogen-bond acceptors (Lipinski definition) is 2. The van der Waals surface area contributed by atoms with Gasteiger partial charge in [0.2, 0.25) is 5.71 Å². The summed E-state index contributed by atoms with van der Waals surface area (Å²) < 4.78 is 11.6. The predicted octanol–water partition coefficient (Wildman–Crippen LogP) is 11.1. The second-order valence-electron chi connectivity index (χ2n) is 11.6. The first-order valence-corrected chi connectivity index (χ1v) is 15.8. The number of furan rings is 1. The first-order chi connectivity index (χ1) is 21.8. The van der Waals surface area contributed by atoms with Crippen molar-refractivity contribution < 1.29 is 4.42 Å². The van der Waals surface area contributed by atoms with E-state index in [1.807, 2.05) is 11.3 Å². The van der Waals surface area contributed by atoms with Crippen LogP contribution in [0.4, 0.5) is 0 Å². The maximum atomic E-state index is 6.82. The van der Waals surface area contributed by atoms with Crippen molar-refractivity contribution in [3.8, 4) is 16.8 Å². The van der Waals surface area contributed by atoms with E-state index >= 15 is 0 Å². The maximum absolute atomic E-state index is 6.82. The van der Waals surface area contributed by atoms with Crippen molar-refractivity contribution >= 4 is 53.7 Å². The molecule has 44 heavy (non-hydrogen) atoms. The second kappa shape index (κ2) is 8.82. The van der Waals surface area contributed by atoms with Crippen molar-refractivity contribution in [1.82, 2.24) is 4.57 Å². The molecule has 0 saturated carbocycles. The first-order valence-electron chi connectivity index (χ1n) is 15.0. The normalized spacial score (nSPS) is 13.6. The quantitative estimate of drug-likeness (QED) is 0.204. The number of benzene rings is 6. The Morgan fingerprint density at radius 3 is 1.98 bits per heavy atom. The Morgan fingerprint density at radius 2 is 1.18 bits per heavy atom. The molecule has 1 aliphatic carbocycles. The highest BCUT2D eigenvalue weighted by molar-refractivity contribution is 7.26. The van der Waals surface area contributed by atoms with E-state index in [-0.39, 0.29) is 0 Å². The molecule has 2 nitrogen and oxygen atoms in total. The van der Waals surface area contributed by atoms with Crippen molar-refractivity contribution in [3.63, 3.8) is 0 Å². The Morgan fingerprint density at radius 1 is 0.545 bits per heavy atom. The minimum absolute atomic E-state index is 0.409. The minimum Gasteiger partial charge on any atom is -0.438 e. The van der Waals surface area contributed by atoms with Crippen molar-refractivity contribution in [2.45, 2.75) is 5.41 Å². The Balaban J connectivity index is 1.30. The molecule has 1 aliphatic rings. The number of nitrogens with zero attached hydrogens (tertiary/aromatic N) is 1. The number of thiophene rings is 1. The van der Waals surface area contributed by atoms with Crippen molar-refractivity contribution in [1.29, 1.82) is 0 Å². The van der Waals surface area contributed by atoms with Gasteiger partial charge in [-0.05, 0) is 63.7 Å². The van der Waals surface area contributed by atoms with E-state index in [9.17, 15) is 0 Å². The van der Waals surface area contributed by atoms with Crippen LogP contribution in [-0.4, -0.2) is 4.57 Å². The van der Waals surface area contributed by atoms with Crippen LogP contribution in [0.1, 0.15) is 22.3 Å². The van der Waals surface area contributed by atoms with Gasteiger partial charge in [-0.1, -0.05) is 121 Å². The fraction of sp³-hybridized carbons (Fsp3) is 0.0244. The zero-order valence-corrected chi connectivity index (χ0v) is 24.5. The largest absolute Gasteiger partial charge is 0.438 e. The van der Waals surface area contributed by atoms with Gasteiger partial charge < -0.3 is 4.42 Å². The van der Waals surface area contributed by atoms with Gasteiger partial charge in [-0.25, -0.2) is 0 Å². The summed E-state index contributed by atoms with van der Waals surface area (Å²) in [6.07, 6.45) is 0. The lowest BCUT2D eigenvalue weighted by atomic mass is 9.68. The zero-order chi connectivity index (χ0) is 28.8. The molecule has 206 valence electrons. The van der Waals surface area contributed by atoms with Crippen molar-refractivity contribution in [2.75, 3.05) is 0 Å². The summed E-state index contributed by atoms with van der Waals surface area (Å²) in [6.45, 7) is 0. The average Bonchev–Trinajstić information content (AvgIpc) is 3.80. The average molecular weight is 580 g/mol. The van der Waals surface area contributed by atoms with E-state index < -0.39 is 5.41 Å². The monoisotopic (exact) mass is 579 g/mol. The van der Waals surface area contributed by atoms with Gasteiger partial charge in [-0.2, -0.15) is 0 Å². The van der Waals surface area contributed by atoms with Gasteiger partial charge in [0.1, 0.15) is 0 Å². The lowest BCUT2D eigenvalue weighted by Gasteiger charge is -2.33. The fourth-order valence-electron chi connectivity index (χ4n) is 7.75. The molecular formula is C41H25NOS. The highest BCUT2D eigenvalue weighted by Crippen LogP contribution is 2.56. The highest BCUT2D eigenvalue weighted by Gasteiger charge is 2.46. The smallest absolute Gasteiger partial charge is 0.214 e. The molecule has 0 radical (unpaired) electrons. The minimum atomic E-state index is -0.409. The van der Waals surface area contributed by atoms with Gasteiger partial charge in [-0.15, -0.1) is 11.3 Å². The van der Waals surface area contributed by atoms with Crippen molar-refractivity contribution in [2.24, 2.45) is 0 Å². The molecule has 0 unspecified atom stereocenters. The third kappa shape index (κ3) is 2.99. The summed E-state index contributed by atoms with van der Waals surface area (Å²) in [5, 5.41) is 3.59. The van der Waals surface area contributed by atoms with Gasteiger partial charge in [0.25, 0.3) is 0 Å². The standard InChI is InChI=1S/C41H25NOS/c1-3-13-26(14-4-1)41(27-15-5-2-6-16-27)33-20-10-7-17-29(33)32-25-28(23-24-34(32)41)42-35-21-11-8-18-30(35)37-39-38(43-40(37)42)31-19-9-12-22-36(31)44-39/h1-25H. The SMILES string of the molecule is c1ccc(C2(c3ccccc3)c3ccccc3-c3cc(-n4c5ccccc5c5c6sc7ccccc7c6oc54)ccc32)cc1. The Kier molecular flexibility index (Phi) is 4.83. The Hall–Kier alpha value is -5.38. The third-order valence-corrected chi connectivity index (χ3v) is 10.7. The Bertz CT molecular complexity index is 2510. The topological polar surface area (TPSA) is 18.1 Å². The molecular weight excluding hydrogens is 555 g/mol. The molecule has 3 heteroatoms. The van der Waals surface area contributed by atoms with Gasteiger partial charge in [-0.3, -0.25) is 4.57 Å². The summed E-state index contributed by atoms with van der Waals surface area (Å²) in [4.78, 5) is 0. The highest BCUT2D eigenvalue weighted by atomic mass is 32.1. The summed E-state index contributed by atoms with van der Waals surface area (Å²) in [5.41, 5.74) is 11.4. The molecule has 0 bridgehead atoms. The number of aromatic nitrogens is 1. The number of rotatable bonds is 3. The summed E-state index contributed by atoms with van der Waals surface area (Å²) >= 11 is 1.82. The molecule has 0 aliphatic heterocycles. The van der Waals surface area contributed by atoms with Gasteiger partial charge in [0, 0.05) is 21.2 Å². The van der Waals surface area contributed by atoms with Crippen LogP contribution in [0.5, 0.6) is 0 Å². The van der Waals surface area contributed by atoms with Crippen LogP contribution >= 0.6 is 11.3 Å². The van der Waals surface area contributed by atoms with Crippen LogP contribution in [0.2, 0.25) is 0 Å². The fourth-order valence-corrected chi connectivity index (χ4v) is 8.93. The molecule has 6 aromatic carbocycles. The molecule has 0 spiro atoms. The number of fused-ring (bicyclic) bond motifs is 10. The maximum Gasteiger partial charge on any atom is 0.214 e. The molecule has 0 atom stereocenters. The van der Waals surface area contributed by atoms with Crippen LogP contribution in [0.3, 0.4) is 0 Å². The van der Waals surface area contributed by atoms with E-state index in [1.54, 1.807) is 0 Å². The molecule has 0 N–H and O–H groups in total. The Labute approximate surface area is 258 Å². The summed E-state index contributed by atoms with van der Waals surface area (Å²) in [7, 11) is 0. The van der Waals surface area contributed by atoms with E-state index in [4.69, 9.17) is 4.42 Å². The van der Waals surface area contributed by atoms with Crippen LogP contribution < -0.4 is 0 Å². The van der Waals surface area contributed by atoms with Crippen LogP contribution in [0.15, 0.2) is 156 Å². The van der Waals surface area contributed by atoms with E-state index in [2.05, 4.69) is 156 Å². The predicted molar refractivity (Wildman–Crippen MR) is 183 cm³/mol. The molecule has 3 heterocycles. The van der Waals surface area contributed by atoms with Gasteiger partial charge in [0.15, 0.2) is 5.58 Å². The molecule has 0 amide bonds. The van der Waals surface area contributed by atoms with E-state index in [0.717, 1.165) is 22.5 Å². The number of para-hydroxylation sites is 1. The molecule has 9 aromatic rings. The lowest BCUT2D eigenvalue weighted by molar-refractivity contribution is 0.649. The zero-order valence-electron chi connectivity index (χ0n) is 23.7. The molecule has 0 fully saturated rings. The van der Waals surface area contributed by atoms with Crippen LogP contribution in [-0.2, 0) is 5.41 Å². The first kappa shape index (κ1) is 24.1. The second-order valence-corrected chi connectivity index (χ2v) is 12.7. The summed E-state index contributed by atoms with van der Waals surface area (Å²) in [6, 6.07) is 55.1.